The van der Waals surface area contributed by atoms with Crippen molar-refractivity contribution in [3.63, 3.8) is 0 Å². The molecule has 1 N–H and O–H groups in total. The van der Waals surface area contributed by atoms with Crippen molar-refractivity contribution in [1.82, 2.24) is 4.98 Å². The molecule has 0 aliphatic carbocycles. The molecule has 19 heavy (non-hydrogen) atoms. The molecule has 1 aromatic heterocycles. The van der Waals surface area contributed by atoms with Crippen molar-refractivity contribution in [3.05, 3.63) is 42.3 Å². The summed E-state index contributed by atoms with van der Waals surface area (Å²) in [4.78, 5) is 15.6. The predicted molar refractivity (Wildman–Crippen MR) is 68.4 cm³/mol. The zero-order valence-corrected chi connectivity index (χ0v) is 10.2. The first-order valence-electron chi connectivity index (χ1n) is 5.87. The monoisotopic (exact) mass is 258 g/mol. The van der Waals surface area contributed by atoms with Crippen molar-refractivity contribution in [3.8, 4) is 16.9 Å². The summed E-state index contributed by atoms with van der Waals surface area (Å²) in [5.41, 5.74) is 1.65. The lowest BCUT2D eigenvalue weighted by Crippen LogP contribution is -2.34. The first-order chi connectivity index (χ1) is 9.13. The number of aromatic nitrogens is 1. The molecule has 2 aromatic rings. The minimum atomic E-state index is -0.544. The largest absolute Gasteiger partial charge is 0.477 e. The van der Waals surface area contributed by atoms with Crippen LogP contribution in [0.4, 0.5) is 10.2 Å². The average molecular weight is 258 g/mol. The van der Waals surface area contributed by atoms with Crippen LogP contribution >= 0.6 is 0 Å². The smallest absolute Gasteiger partial charge is 0.266 e. The summed E-state index contributed by atoms with van der Waals surface area (Å²) >= 11 is 0. The standard InChI is InChI=1S/C14H11FN2O2/c1-8-14(18)17-13-12(19-8)6-10(7-16-13)9-2-4-11(15)5-3-9/h2-8H,1H3,(H,16,17,18). The molecule has 0 saturated carbocycles. The maximum atomic E-state index is 12.9. The highest BCUT2D eigenvalue weighted by Gasteiger charge is 2.24. The molecule has 96 valence electrons. The molecule has 4 nitrogen and oxygen atoms in total. The van der Waals surface area contributed by atoms with Crippen LogP contribution < -0.4 is 10.1 Å². The second-order valence-electron chi connectivity index (χ2n) is 4.33. The zero-order valence-electron chi connectivity index (χ0n) is 10.2. The summed E-state index contributed by atoms with van der Waals surface area (Å²) < 4.78 is 18.4. The van der Waals surface area contributed by atoms with Crippen molar-refractivity contribution in [2.45, 2.75) is 13.0 Å². The number of nitrogens with zero attached hydrogens (tertiary/aromatic N) is 1. The van der Waals surface area contributed by atoms with Crippen LogP contribution in [-0.4, -0.2) is 17.0 Å². The van der Waals surface area contributed by atoms with E-state index in [1.807, 2.05) is 0 Å². The van der Waals surface area contributed by atoms with Crippen LogP contribution in [0.25, 0.3) is 11.1 Å². The fourth-order valence-electron chi connectivity index (χ4n) is 1.89. The molecule has 0 fully saturated rings. The maximum Gasteiger partial charge on any atom is 0.266 e. The van der Waals surface area contributed by atoms with E-state index in [0.29, 0.717) is 11.6 Å². The van der Waals surface area contributed by atoms with Gasteiger partial charge in [-0.2, -0.15) is 0 Å². The molecule has 5 heteroatoms. The quantitative estimate of drug-likeness (QED) is 0.855. The average Bonchev–Trinajstić information content (AvgIpc) is 2.40. The Hall–Kier alpha value is -2.43. The third-order valence-corrected chi connectivity index (χ3v) is 2.94. The lowest BCUT2D eigenvalue weighted by molar-refractivity contribution is -0.122. The van der Waals surface area contributed by atoms with Crippen molar-refractivity contribution in [2.24, 2.45) is 0 Å². The Kier molecular flexibility index (Phi) is 2.67. The molecule has 1 unspecified atom stereocenters. The Morgan fingerprint density at radius 2 is 2.00 bits per heavy atom. The summed E-state index contributed by atoms with van der Waals surface area (Å²) in [7, 11) is 0. The topological polar surface area (TPSA) is 51.2 Å². The van der Waals surface area contributed by atoms with E-state index in [9.17, 15) is 9.18 Å². The molecule has 1 amide bonds. The SMILES string of the molecule is CC1Oc2cc(-c3ccc(F)cc3)cnc2NC1=O. The highest BCUT2D eigenvalue weighted by Crippen LogP contribution is 2.31. The summed E-state index contributed by atoms with van der Waals surface area (Å²) in [6.07, 6.45) is 1.07. The van der Waals surface area contributed by atoms with E-state index >= 15 is 0 Å². The third-order valence-electron chi connectivity index (χ3n) is 2.94. The van der Waals surface area contributed by atoms with E-state index in [4.69, 9.17) is 4.74 Å². The van der Waals surface area contributed by atoms with E-state index < -0.39 is 6.10 Å². The fourth-order valence-corrected chi connectivity index (χ4v) is 1.89. The first-order valence-corrected chi connectivity index (χ1v) is 5.87. The molecule has 1 atom stereocenters. The van der Waals surface area contributed by atoms with Crippen LogP contribution in [0.3, 0.4) is 0 Å². The van der Waals surface area contributed by atoms with Crippen molar-refractivity contribution in [2.75, 3.05) is 5.32 Å². The van der Waals surface area contributed by atoms with Gasteiger partial charge in [0.1, 0.15) is 5.82 Å². The second-order valence-corrected chi connectivity index (χ2v) is 4.33. The van der Waals surface area contributed by atoms with Gasteiger partial charge >= 0.3 is 0 Å². The number of carbonyl (C=O) groups is 1. The van der Waals surface area contributed by atoms with Crippen LogP contribution in [0.1, 0.15) is 6.92 Å². The van der Waals surface area contributed by atoms with Crippen LogP contribution in [0.2, 0.25) is 0 Å². The molecule has 0 radical (unpaired) electrons. The van der Waals surface area contributed by atoms with Gasteiger partial charge in [0, 0.05) is 11.8 Å². The van der Waals surface area contributed by atoms with Crippen molar-refractivity contribution < 1.29 is 13.9 Å². The number of rotatable bonds is 1. The Morgan fingerprint density at radius 1 is 1.26 bits per heavy atom. The van der Waals surface area contributed by atoms with Crippen LogP contribution in [0.15, 0.2) is 36.5 Å². The number of benzene rings is 1. The van der Waals surface area contributed by atoms with E-state index in [2.05, 4.69) is 10.3 Å². The number of anilines is 1. The fraction of sp³-hybridized carbons (Fsp3) is 0.143. The van der Waals surface area contributed by atoms with Crippen LogP contribution in [0, 0.1) is 5.82 Å². The van der Waals surface area contributed by atoms with Gasteiger partial charge < -0.3 is 10.1 Å². The van der Waals surface area contributed by atoms with E-state index in [1.165, 1.54) is 12.1 Å². The predicted octanol–water partition coefficient (Wildman–Crippen LogP) is 2.61. The Balaban J connectivity index is 2.00. The molecule has 3 rings (SSSR count). The van der Waals surface area contributed by atoms with Gasteiger partial charge in [-0.15, -0.1) is 0 Å². The molecule has 0 bridgehead atoms. The second kappa shape index (κ2) is 4.35. The first kappa shape index (κ1) is 11.6. The van der Waals surface area contributed by atoms with Gasteiger partial charge in [0.15, 0.2) is 17.7 Å². The number of halogens is 1. The molecule has 0 spiro atoms. The van der Waals surface area contributed by atoms with Gasteiger partial charge in [-0.05, 0) is 30.7 Å². The number of nitrogens with one attached hydrogen (secondary N) is 1. The lowest BCUT2D eigenvalue weighted by Gasteiger charge is -2.22. The molecule has 1 aromatic carbocycles. The number of amides is 1. The van der Waals surface area contributed by atoms with Gasteiger partial charge in [-0.3, -0.25) is 4.79 Å². The van der Waals surface area contributed by atoms with Gasteiger partial charge in [0.25, 0.3) is 5.91 Å². The summed E-state index contributed by atoms with van der Waals surface area (Å²) in [5.74, 6) is 0.434. The van der Waals surface area contributed by atoms with Gasteiger partial charge in [-0.1, -0.05) is 12.1 Å². The highest BCUT2D eigenvalue weighted by atomic mass is 19.1. The third kappa shape index (κ3) is 2.14. The molecular formula is C14H11FN2O2. The van der Waals surface area contributed by atoms with Crippen molar-refractivity contribution in [1.29, 1.82) is 0 Å². The molecule has 1 aliphatic heterocycles. The Morgan fingerprint density at radius 3 is 2.74 bits per heavy atom. The summed E-state index contributed by atoms with van der Waals surface area (Å²) in [5, 5.41) is 2.66. The number of carbonyl (C=O) groups excluding carboxylic acids is 1. The van der Waals surface area contributed by atoms with Gasteiger partial charge in [0.05, 0.1) is 0 Å². The minimum absolute atomic E-state index is 0.213. The molecule has 0 saturated heterocycles. The zero-order chi connectivity index (χ0) is 13.4. The summed E-state index contributed by atoms with van der Waals surface area (Å²) in [6, 6.07) is 7.90. The normalized spacial score (nSPS) is 17.4. The number of pyridine rings is 1. The van der Waals surface area contributed by atoms with Crippen LogP contribution in [0.5, 0.6) is 5.75 Å². The number of hydrogen-bond donors (Lipinski definition) is 1. The molecule has 1 aliphatic rings. The number of fused-ring (bicyclic) bond motifs is 1. The highest BCUT2D eigenvalue weighted by molar-refractivity contribution is 5.96. The van der Waals surface area contributed by atoms with E-state index in [-0.39, 0.29) is 11.7 Å². The Labute approximate surface area is 109 Å². The molecule has 2 heterocycles. The van der Waals surface area contributed by atoms with Crippen LogP contribution in [-0.2, 0) is 4.79 Å². The molecular weight excluding hydrogens is 247 g/mol. The van der Waals surface area contributed by atoms with Gasteiger partial charge in [-0.25, -0.2) is 9.37 Å². The van der Waals surface area contributed by atoms with Crippen molar-refractivity contribution >= 4 is 11.7 Å². The number of hydrogen-bond acceptors (Lipinski definition) is 3. The minimum Gasteiger partial charge on any atom is -0.477 e. The lowest BCUT2D eigenvalue weighted by atomic mass is 10.1. The Bertz CT molecular complexity index is 640. The number of ether oxygens (including phenoxy) is 1. The van der Waals surface area contributed by atoms with E-state index in [0.717, 1.165) is 11.1 Å². The van der Waals surface area contributed by atoms with Gasteiger partial charge in [0.2, 0.25) is 0 Å². The maximum absolute atomic E-state index is 12.9. The summed E-state index contributed by atoms with van der Waals surface area (Å²) in [6.45, 7) is 1.67. The van der Waals surface area contributed by atoms with E-state index in [1.54, 1.807) is 31.3 Å².